The Morgan fingerprint density at radius 2 is 1.94 bits per heavy atom. The van der Waals surface area contributed by atoms with Gasteiger partial charge in [0.2, 0.25) is 5.91 Å². The van der Waals surface area contributed by atoms with Crippen molar-refractivity contribution in [2.45, 2.75) is 12.1 Å². The van der Waals surface area contributed by atoms with Crippen LogP contribution in [0.15, 0.2) is 40.9 Å². The van der Waals surface area contributed by atoms with Crippen LogP contribution in [0.5, 0.6) is 0 Å². The molecule has 0 aliphatic carbocycles. The fourth-order valence-corrected chi connectivity index (χ4v) is 4.58. The molecule has 1 aliphatic rings. The molecule has 1 aromatic carbocycles. The Kier molecular flexibility index (Phi) is 8.00. The average Bonchev–Trinajstić information content (AvgIpc) is 3.26. The van der Waals surface area contributed by atoms with Crippen molar-refractivity contribution in [3.63, 3.8) is 0 Å². The summed E-state index contributed by atoms with van der Waals surface area (Å²) in [6.45, 7) is 0. The number of nitrogens with zero attached hydrogens (tertiary/aromatic N) is 3. The first-order valence-electron chi connectivity index (χ1n) is 9.47. The summed E-state index contributed by atoms with van der Waals surface area (Å²) in [5.74, 6) is -4.14. The molecule has 2 heterocycles. The summed E-state index contributed by atoms with van der Waals surface area (Å²) in [6, 6.07) is 4.45. The minimum Gasteiger partial charge on any atom is -0.398 e. The zero-order chi connectivity index (χ0) is 25.8. The van der Waals surface area contributed by atoms with E-state index in [4.69, 9.17) is 11.6 Å². The molecular formula is C18H17ClN6O8S2. The number of aromatic nitrogens is 1. The molecule has 3 rings (SSSR count). The van der Waals surface area contributed by atoms with E-state index < -0.39 is 51.7 Å². The highest BCUT2D eigenvalue weighted by atomic mass is 35.5. The van der Waals surface area contributed by atoms with Crippen molar-refractivity contribution in [1.82, 2.24) is 14.6 Å². The number of hydrogen-bond acceptors (Lipinski definition) is 10. The van der Waals surface area contributed by atoms with E-state index >= 15 is 0 Å². The van der Waals surface area contributed by atoms with E-state index in [2.05, 4.69) is 30.9 Å². The molecule has 0 unspecified atom stereocenters. The first kappa shape index (κ1) is 26.0. The molecule has 1 saturated heterocycles. The number of carbonyl (C=O) groups excluding carboxylic acids is 4. The second-order valence-electron chi connectivity index (χ2n) is 6.71. The second-order valence-corrected chi connectivity index (χ2v) is 9.12. The highest BCUT2D eigenvalue weighted by molar-refractivity contribution is 7.84. The first-order chi connectivity index (χ1) is 16.6. The number of benzene rings is 1. The van der Waals surface area contributed by atoms with Gasteiger partial charge in [0.05, 0.1) is 0 Å². The molecule has 1 fully saturated rings. The van der Waals surface area contributed by atoms with E-state index in [9.17, 15) is 32.1 Å². The van der Waals surface area contributed by atoms with Crippen molar-refractivity contribution in [3.8, 4) is 0 Å². The number of para-hydroxylation sites is 1. The minimum absolute atomic E-state index is 0.0496. The monoisotopic (exact) mass is 544 g/mol. The minimum atomic E-state index is -5.11. The van der Waals surface area contributed by atoms with Crippen molar-refractivity contribution in [2.75, 3.05) is 23.6 Å². The lowest BCUT2D eigenvalue weighted by Gasteiger charge is -2.42. The Labute approximate surface area is 207 Å². The Balaban J connectivity index is 1.83. The van der Waals surface area contributed by atoms with Gasteiger partial charge in [-0.2, -0.15) is 12.7 Å². The van der Waals surface area contributed by atoms with E-state index in [1.54, 1.807) is 18.2 Å². The van der Waals surface area contributed by atoms with Gasteiger partial charge < -0.3 is 20.8 Å². The molecule has 0 saturated carbocycles. The van der Waals surface area contributed by atoms with Gasteiger partial charge in [-0.05, 0) is 12.1 Å². The number of β-lactam (4-membered cyclic amide) rings is 1. The fraction of sp³-hybridized carbons (Fsp3) is 0.222. The van der Waals surface area contributed by atoms with E-state index in [-0.39, 0.29) is 26.7 Å². The topological polar surface area (TPSA) is 196 Å². The highest BCUT2D eigenvalue weighted by Gasteiger charge is 2.58. The second kappa shape index (κ2) is 10.8. The van der Waals surface area contributed by atoms with Crippen molar-refractivity contribution in [1.29, 1.82) is 0 Å². The summed E-state index contributed by atoms with van der Waals surface area (Å²) in [6.07, 6.45) is 0. The zero-order valence-corrected chi connectivity index (χ0v) is 20.1. The third kappa shape index (κ3) is 5.91. The van der Waals surface area contributed by atoms with Gasteiger partial charge in [0, 0.05) is 11.1 Å². The van der Waals surface area contributed by atoms with Gasteiger partial charge in [0.15, 0.2) is 16.9 Å². The van der Waals surface area contributed by atoms with Crippen LogP contribution >= 0.6 is 22.9 Å². The molecule has 1 aromatic heterocycles. The number of carbonyl (C=O) groups is 4. The van der Waals surface area contributed by atoms with Crippen LogP contribution in [0.3, 0.4) is 0 Å². The third-order valence-electron chi connectivity index (χ3n) is 4.41. The summed E-state index contributed by atoms with van der Waals surface area (Å²) >= 11 is 6.37. The van der Waals surface area contributed by atoms with Gasteiger partial charge in [-0.15, -0.1) is 22.9 Å². The molecule has 2 atom stereocenters. The van der Waals surface area contributed by atoms with E-state index in [1.807, 2.05) is 0 Å². The molecule has 4 N–H and O–H groups in total. The molecule has 0 spiro atoms. The standard InChI is InChI=1S/C18H17ClN6O8S2/c1-33-24-12(10-8-34-18(21-10)22-11(26)7-19)15(27)23-13-14(25(17(13)29)35(30,31)32)16(28)20-9-5-3-2-4-6-9/h2-6,8,13-14H,7H2,1H3,(H,20,28)(H,23,27)(H,21,22,26)(H,30,31,32)/t13-,14-/m1/s1. The maximum Gasteiger partial charge on any atom is 0.363 e. The van der Waals surface area contributed by atoms with Gasteiger partial charge in [-0.1, -0.05) is 23.4 Å². The molecule has 4 amide bonds. The third-order valence-corrected chi connectivity index (χ3v) is 6.31. The molecular weight excluding hydrogens is 528 g/mol. The maximum absolute atomic E-state index is 12.9. The lowest BCUT2D eigenvalue weighted by molar-refractivity contribution is -0.150. The van der Waals surface area contributed by atoms with Crippen LogP contribution in [0, 0.1) is 0 Å². The normalized spacial score (nSPS) is 17.9. The molecule has 17 heteroatoms. The Morgan fingerprint density at radius 1 is 1.26 bits per heavy atom. The number of halogens is 1. The van der Waals surface area contributed by atoms with Crippen LogP contribution in [0.2, 0.25) is 0 Å². The number of anilines is 2. The number of thiazole rings is 1. The quantitative estimate of drug-likeness (QED) is 0.109. The van der Waals surface area contributed by atoms with Gasteiger partial charge in [-0.25, -0.2) is 4.98 Å². The summed E-state index contributed by atoms with van der Waals surface area (Å²) < 4.78 is 32.7. The van der Waals surface area contributed by atoms with Crippen molar-refractivity contribution < 1.29 is 37.0 Å². The van der Waals surface area contributed by atoms with Crippen LogP contribution < -0.4 is 16.0 Å². The molecule has 0 bridgehead atoms. The average molecular weight is 545 g/mol. The van der Waals surface area contributed by atoms with Gasteiger partial charge in [0.1, 0.15) is 24.7 Å². The predicted molar refractivity (Wildman–Crippen MR) is 124 cm³/mol. The molecule has 35 heavy (non-hydrogen) atoms. The van der Waals surface area contributed by atoms with Gasteiger partial charge in [-0.3, -0.25) is 23.7 Å². The first-order valence-corrected chi connectivity index (χ1v) is 12.3. The molecule has 2 aromatic rings. The number of amides is 4. The molecule has 14 nitrogen and oxygen atoms in total. The summed E-state index contributed by atoms with van der Waals surface area (Å²) in [4.78, 5) is 58.1. The Morgan fingerprint density at radius 3 is 2.54 bits per heavy atom. The van der Waals surface area contributed by atoms with Crippen molar-refractivity contribution in [2.24, 2.45) is 5.16 Å². The molecule has 0 radical (unpaired) electrons. The van der Waals surface area contributed by atoms with Gasteiger partial charge in [0.25, 0.3) is 17.7 Å². The lowest BCUT2D eigenvalue weighted by atomic mass is 9.97. The van der Waals surface area contributed by atoms with Crippen LogP contribution in [0.1, 0.15) is 5.69 Å². The number of nitrogens with one attached hydrogen (secondary N) is 3. The SMILES string of the molecule is CON=C(C(=O)N[C@H]1C(=O)N(S(=O)(=O)O)[C@H]1C(=O)Nc1ccccc1)c1csc(NC(=O)CCl)n1. The summed E-state index contributed by atoms with van der Waals surface area (Å²) in [7, 11) is -3.97. The van der Waals surface area contributed by atoms with Crippen LogP contribution in [-0.4, -0.2) is 76.7 Å². The largest absolute Gasteiger partial charge is 0.398 e. The maximum atomic E-state index is 12.9. The Hall–Kier alpha value is -3.60. The van der Waals surface area contributed by atoms with Gasteiger partial charge >= 0.3 is 10.3 Å². The number of oxime groups is 1. The van der Waals surface area contributed by atoms with Crippen LogP contribution in [0.25, 0.3) is 0 Å². The van der Waals surface area contributed by atoms with Crippen molar-refractivity contribution in [3.05, 3.63) is 41.4 Å². The fourth-order valence-electron chi connectivity index (χ4n) is 2.95. The van der Waals surface area contributed by atoms with Crippen molar-refractivity contribution >= 4 is 73.4 Å². The molecule has 186 valence electrons. The predicted octanol–water partition coefficient (Wildman–Crippen LogP) is -0.192. The number of alkyl halides is 1. The lowest BCUT2D eigenvalue weighted by Crippen LogP contribution is -2.75. The smallest absolute Gasteiger partial charge is 0.363 e. The Bertz CT molecular complexity index is 1280. The van der Waals surface area contributed by atoms with E-state index in [0.29, 0.717) is 0 Å². The number of hydrogen-bond donors (Lipinski definition) is 4. The van der Waals surface area contributed by atoms with Crippen LogP contribution in [-0.2, 0) is 34.3 Å². The molecule has 1 aliphatic heterocycles. The van der Waals surface area contributed by atoms with E-state index in [0.717, 1.165) is 18.4 Å². The number of rotatable bonds is 9. The highest BCUT2D eigenvalue weighted by Crippen LogP contribution is 2.25. The van der Waals surface area contributed by atoms with E-state index in [1.165, 1.54) is 17.5 Å². The summed E-state index contributed by atoms with van der Waals surface area (Å²) in [5, 5.41) is 12.0. The zero-order valence-electron chi connectivity index (χ0n) is 17.7. The summed E-state index contributed by atoms with van der Waals surface area (Å²) in [5.41, 5.74) is -0.203. The van der Waals surface area contributed by atoms with Crippen LogP contribution in [0.4, 0.5) is 10.8 Å².